The van der Waals surface area contributed by atoms with Crippen LogP contribution in [-0.2, 0) is 16.0 Å². The molecule has 4 nitrogen and oxygen atoms in total. The molecule has 1 aromatic rings. The number of likely N-dealkylation sites (tertiary alicyclic amines) is 1. The Morgan fingerprint density at radius 3 is 3.15 bits per heavy atom. The number of morpholine rings is 1. The number of hydrogen-bond donors (Lipinski definition) is 0. The maximum Gasteiger partial charge on any atom is 0.227 e. The van der Waals surface area contributed by atoms with E-state index in [2.05, 4.69) is 22.1 Å². The molecular weight excluding hydrogens is 272 g/mol. The van der Waals surface area contributed by atoms with Crippen LogP contribution in [0.4, 0.5) is 0 Å². The van der Waals surface area contributed by atoms with Gasteiger partial charge in [-0.15, -0.1) is 0 Å². The van der Waals surface area contributed by atoms with Gasteiger partial charge in [0.05, 0.1) is 25.2 Å². The van der Waals surface area contributed by atoms with Crippen molar-refractivity contribution in [1.82, 2.24) is 9.80 Å². The van der Waals surface area contributed by atoms with Crippen LogP contribution in [0.1, 0.15) is 18.9 Å². The van der Waals surface area contributed by atoms with E-state index >= 15 is 0 Å². The molecule has 0 aliphatic carbocycles. The van der Waals surface area contributed by atoms with Crippen LogP contribution in [0.15, 0.2) is 16.8 Å². The molecule has 2 atom stereocenters. The highest BCUT2D eigenvalue weighted by molar-refractivity contribution is 7.07. The maximum absolute atomic E-state index is 12.5. The highest BCUT2D eigenvalue weighted by atomic mass is 32.1. The van der Waals surface area contributed by atoms with Crippen LogP contribution in [0.2, 0.25) is 0 Å². The van der Waals surface area contributed by atoms with Crippen molar-refractivity contribution in [2.24, 2.45) is 0 Å². The van der Waals surface area contributed by atoms with Gasteiger partial charge in [0.2, 0.25) is 5.91 Å². The first-order chi connectivity index (χ1) is 9.78. The van der Waals surface area contributed by atoms with E-state index in [1.54, 1.807) is 11.3 Å². The summed E-state index contributed by atoms with van der Waals surface area (Å²) in [6.07, 6.45) is 1.77. The average molecular weight is 294 g/mol. The molecule has 0 bridgehead atoms. The van der Waals surface area contributed by atoms with Gasteiger partial charge in [0.1, 0.15) is 0 Å². The Hall–Kier alpha value is -0.910. The molecule has 0 spiro atoms. The SMILES string of the molecule is CCN1CC[C@@H]2[C@@H](C1)OCCN2C(=O)Cc1ccsc1. The van der Waals surface area contributed by atoms with E-state index in [4.69, 9.17) is 4.74 Å². The van der Waals surface area contributed by atoms with Gasteiger partial charge in [-0.25, -0.2) is 0 Å². The minimum absolute atomic E-state index is 0.198. The topological polar surface area (TPSA) is 32.8 Å². The third-order valence-corrected chi connectivity index (χ3v) is 5.11. The fourth-order valence-electron chi connectivity index (χ4n) is 3.22. The number of carbonyl (C=O) groups is 1. The van der Waals surface area contributed by atoms with E-state index in [1.807, 2.05) is 11.4 Å². The normalized spacial score (nSPS) is 27.4. The predicted octanol–water partition coefficient (Wildman–Crippen LogP) is 1.61. The molecule has 0 radical (unpaired) electrons. The summed E-state index contributed by atoms with van der Waals surface area (Å²) in [5.74, 6) is 0.256. The van der Waals surface area contributed by atoms with Crippen molar-refractivity contribution in [2.45, 2.75) is 31.9 Å². The maximum atomic E-state index is 12.5. The first-order valence-electron chi connectivity index (χ1n) is 7.42. The van der Waals surface area contributed by atoms with Crippen LogP contribution in [-0.4, -0.2) is 60.6 Å². The molecule has 2 saturated heterocycles. The standard InChI is InChI=1S/C15H22N2O2S/c1-2-16-5-3-13-14(10-16)19-7-6-17(13)15(18)9-12-4-8-20-11-12/h4,8,11,13-14H,2-3,5-7,9-10H2,1H3/t13-,14-/m1/s1. The average Bonchev–Trinajstić information content (AvgIpc) is 2.98. The Morgan fingerprint density at radius 1 is 1.50 bits per heavy atom. The fourth-order valence-corrected chi connectivity index (χ4v) is 3.89. The molecule has 0 unspecified atom stereocenters. The van der Waals surface area contributed by atoms with Crippen LogP contribution < -0.4 is 0 Å². The zero-order valence-corrected chi connectivity index (χ0v) is 12.8. The van der Waals surface area contributed by atoms with Crippen molar-refractivity contribution in [3.05, 3.63) is 22.4 Å². The second-order valence-corrected chi connectivity index (χ2v) is 6.33. The molecule has 0 N–H and O–H groups in total. The summed E-state index contributed by atoms with van der Waals surface area (Å²) in [5, 5.41) is 4.10. The molecule has 110 valence electrons. The number of ether oxygens (including phenoxy) is 1. The van der Waals surface area contributed by atoms with Crippen molar-refractivity contribution in [2.75, 3.05) is 32.8 Å². The van der Waals surface area contributed by atoms with Gasteiger partial charge in [0, 0.05) is 19.6 Å². The number of rotatable bonds is 3. The summed E-state index contributed by atoms with van der Waals surface area (Å²) in [6, 6.07) is 2.32. The van der Waals surface area contributed by atoms with Gasteiger partial charge in [-0.05, 0) is 35.4 Å². The Balaban J connectivity index is 1.65. The number of thiophene rings is 1. The summed E-state index contributed by atoms with van der Waals surface area (Å²) >= 11 is 1.65. The number of carbonyl (C=O) groups excluding carboxylic acids is 1. The minimum atomic E-state index is 0.198. The van der Waals surface area contributed by atoms with Gasteiger partial charge in [-0.2, -0.15) is 11.3 Å². The molecular formula is C15H22N2O2S. The van der Waals surface area contributed by atoms with E-state index in [1.165, 1.54) is 0 Å². The van der Waals surface area contributed by atoms with Crippen molar-refractivity contribution >= 4 is 17.2 Å². The lowest BCUT2D eigenvalue weighted by molar-refractivity contribution is -0.151. The van der Waals surface area contributed by atoms with Crippen LogP contribution >= 0.6 is 11.3 Å². The Labute approximate surface area is 124 Å². The molecule has 0 aromatic carbocycles. The van der Waals surface area contributed by atoms with Crippen LogP contribution in [0.5, 0.6) is 0 Å². The minimum Gasteiger partial charge on any atom is -0.373 e. The van der Waals surface area contributed by atoms with Crippen molar-refractivity contribution in [1.29, 1.82) is 0 Å². The number of fused-ring (bicyclic) bond motifs is 1. The highest BCUT2D eigenvalue weighted by Crippen LogP contribution is 2.24. The largest absolute Gasteiger partial charge is 0.373 e. The third-order valence-electron chi connectivity index (χ3n) is 4.38. The molecule has 1 aromatic heterocycles. The first kappa shape index (κ1) is 14.0. The lowest BCUT2D eigenvalue weighted by Gasteiger charge is -2.46. The molecule has 3 heterocycles. The quantitative estimate of drug-likeness (QED) is 0.849. The van der Waals surface area contributed by atoms with Gasteiger partial charge in [-0.3, -0.25) is 4.79 Å². The lowest BCUT2D eigenvalue weighted by atomic mass is 9.97. The fraction of sp³-hybridized carbons (Fsp3) is 0.667. The highest BCUT2D eigenvalue weighted by Gasteiger charge is 2.38. The molecule has 5 heteroatoms. The van der Waals surface area contributed by atoms with E-state index in [0.717, 1.165) is 38.2 Å². The van der Waals surface area contributed by atoms with Crippen LogP contribution in [0.25, 0.3) is 0 Å². The summed E-state index contributed by atoms with van der Waals surface area (Å²) in [6.45, 7) is 6.70. The summed E-state index contributed by atoms with van der Waals surface area (Å²) in [5.41, 5.74) is 1.13. The van der Waals surface area contributed by atoms with E-state index in [-0.39, 0.29) is 18.1 Å². The summed E-state index contributed by atoms with van der Waals surface area (Å²) < 4.78 is 5.90. The monoisotopic (exact) mass is 294 g/mol. The molecule has 2 aliphatic heterocycles. The zero-order valence-electron chi connectivity index (χ0n) is 12.0. The number of piperidine rings is 1. The van der Waals surface area contributed by atoms with Crippen LogP contribution in [0.3, 0.4) is 0 Å². The number of likely N-dealkylation sites (N-methyl/N-ethyl adjacent to an activating group) is 1. The van der Waals surface area contributed by atoms with Gasteiger partial charge in [0.25, 0.3) is 0 Å². The van der Waals surface area contributed by atoms with E-state index in [0.29, 0.717) is 13.0 Å². The van der Waals surface area contributed by atoms with Gasteiger partial charge < -0.3 is 14.5 Å². The molecule has 1 amide bonds. The van der Waals surface area contributed by atoms with Gasteiger partial charge in [-0.1, -0.05) is 6.92 Å². The summed E-state index contributed by atoms with van der Waals surface area (Å²) in [7, 11) is 0. The van der Waals surface area contributed by atoms with E-state index < -0.39 is 0 Å². The van der Waals surface area contributed by atoms with Gasteiger partial charge in [0.15, 0.2) is 0 Å². The predicted molar refractivity (Wildman–Crippen MR) is 80.0 cm³/mol. The number of nitrogens with zero attached hydrogens (tertiary/aromatic N) is 2. The van der Waals surface area contributed by atoms with Gasteiger partial charge >= 0.3 is 0 Å². The second kappa shape index (κ2) is 6.24. The van der Waals surface area contributed by atoms with Crippen LogP contribution in [0, 0.1) is 0 Å². The van der Waals surface area contributed by atoms with Crippen molar-refractivity contribution in [3.8, 4) is 0 Å². The zero-order chi connectivity index (χ0) is 13.9. The smallest absolute Gasteiger partial charge is 0.227 e. The molecule has 2 fully saturated rings. The molecule has 0 saturated carbocycles. The number of hydrogen-bond acceptors (Lipinski definition) is 4. The molecule has 20 heavy (non-hydrogen) atoms. The molecule has 2 aliphatic rings. The second-order valence-electron chi connectivity index (χ2n) is 5.55. The van der Waals surface area contributed by atoms with E-state index in [9.17, 15) is 4.79 Å². The summed E-state index contributed by atoms with van der Waals surface area (Å²) in [4.78, 5) is 17.0. The first-order valence-corrected chi connectivity index (χ1v) is 8.36. The van der Waals surface area contributed by atoms with Crippen molar-refractivity contribution < 1.29 is 9.53 Å². The lowest BCUT2D eigenvalue weighted by Crippen LogP contribution is -2.60. The van der Waals surface area contributed by atoms with Crippen molar-refractivity contribution in [3.63, 3.8) is 0 Å². The Morgan fingerprint density at radius 2 is 2.40 bits per heavy atom. The Bertz CT molecular complexity index is 449. The Kier molecular flexibility index (Phi) is 4.38. The third kappa shape index (κ3) is 2.90. The molecule has 3 rings (SSSR count). The number of amides is 1.